The van der Waals surface area contributed by atoms with Gasteiger partial charge in [0.1, 0.15) is 0 Å². The summed E-state index contributed by atoms with van der Waals surface area (Å²) in [5.41, 5.74) is 1.80. The van der Waals surface area contributed by atoms with E-state index in [1.54, 1.807) is 0 Å². The highest BCUT2D eigenvalue weighted by atomic mass is 16.5. The topological polar surface area (TPSA) is 33.5 Å². The van der Waals surface area contributed by atoms with E-state index in [-0.39, 0.29) is 0 Å². The molecule has 3 heterocycles. The Morgan fingerprint density at radius 2 is 2.00 bits per heavy atom. The van der Waals surface area contributed by atoms with Crippen molar-refractivity contribution in [1.82, 2.24) is 19.6 Å². The van der Waals surface area contributed by atoms with Gasteiger partial charge in [0.05, 0.1) is 12.8 Å². The number of likely N-dealkylation sites (tertiary alicyclic amines) is 2. The molecule has 1 spiro atoms. The molecule has 2 aliphatic heterocycles. The van der Waals surface area contributed by atoms with Gasteiger partial charge in [-0.1, -0.05) is 0 Å². The third kappa shape index (κ3) is 3.39. The molecule has 4 rings (SSSR count). The van der Waals surface area contributed by atoms with Gasteiger partial charge in [0.2, 0.25) is 0 Å². The Hall–Kier alpha value is -0.910. The third-order valence-electron chi connectivity index (χ3n) is 6.46. The van der Waals surface area contributed by atoms with Crippen molar-refractivity contribution in [1.29, 1.82) is 0 Å². The number of hydrogen-bond acceptors (Lipinski definition) is 4. The van der Waals surface area contributed by atoms with Crippen LogP contribution < -0.4 is 0 Å². The summed E-state index contributed by atoms with van der Waals surface area (Å²) in [4.78, 5) is 5.48. The largest absolute Gasteiger partial charge is 0.383 e. The lowest BCUT2D eigenvalue weighted by Gasteiger charge is -2.47. The van der Waals surface area contributed by atoms with E-state index >= 15 is 0 Å². The average molecular weight is 332 g/mol. The fourth-order valence-electron chi connectivity index (χ4n) is 4.89. The number of nitrogens with zero attached hydrogens (tertiary/aromatic N) is 4. The molecule has 1 aromatic rings. The highest BCUT2D eigenvalue weighted by Crippen LogP contribution is 2.44. The molecule has 0 amide bonds. The molecule has 1 aliphatic carbocycles. The highest BCUT2D eigenvalue weighted by Gasteiger charge is 2.48. The first-order valence-corrected chi connectivity index (χ1v) is 9.64. The predicted molar refractivity (Wildman–Crippen MR) is 94.8 cm³/mol. The van der Waals surface area contributed by atoms with Gasteiger partial charge in [0, 0.05) is 63.7 Å². The highest BCUT2D eigenvalue weighted by molar-refractivity contribution is 5.07. The second kappa shape index (κ2) is 6.77. The van der Waals surface area contributed by atoms with Gasteiger partial charge in [0.15, 0.2) is 0 Å². The monoisotopic (exact) mass is 332 g/mol. The maximum Gasteiger partial charge on any atom is 0.0618 e. The molecule has 1 saturated carbocycles. The summed E-state index contributed by atoms with van der Waals surface area (Å²) in [6.45, 7) is 5.71. The zero-order valence-electron chi connectivity index (χ0n) is 15.3. The molecule has 0 bridgehead atoms. The Kier molecular flexibility index (Phi) is 4.67. The van der Waals surface area contributed by atoms with E-state index in [0.717, 1.165) is 19.1 Å². The first kappa shape index (κ1) is 16.6. The van der Waals surface area contributed by atoms with Crippen LogP contribution in [0, 0.1) is 5.92 Å². The van der Waals surface area contributed by atoms with Crippen LogP contribution in [0.25, 0.3) is 0 Å². The molecule has 3 fully saturated rings. The summed E-state index contributed by atoms with van der Waals surface area (Å²) < 4.78 is 7.44. The van der Waals surface area contributed by atoms with Gasteiger partial charge in [-0.15, -0.1) is 0 Å². The smallest absolute Gasteiger partial charge is 0.0618 e. The van der Waals surface area contributed by atoms with Crippen molar-refractivity contribution in [2.24, 2.45) is 13.0 Å². The average Bonchev–Trinajstić information content (AvgIpc) is 3.23. The molecule has 0 unspecified atom stereocenters. The molecule has 1 atom stereocenters. The number of piperidine rings is 1. The van der Waals surface area contributed by atoms with E-state index in [1.807, 2.05) is 25.0 Å². The maximum absolute atomic E-state index is 5.53. The van der Waals surface area contributed by atoms with Gasteiger partial charge in [-0.05, 0) is 44.4 Å². The lowest BCUT2D eigenvalue weighted by atomic mass is 9.84. The van der Waals surface area contributed by atoms with Gasteiger partial charge in [0.25, 0.3) is 0 Å². The molecule has 2 saturated heterocycles. The van der Waals surface area contributed by atoms with Gasteiger partial charge in [-0.2, -0.15) is 5.10 Å². The van der Waals surface area contributed by atoms with Gasteiger partial charge in [-0.3, -0.25) is 14.5 Å². The summed E-state index contributed by atoms with van der Waals surface area (Å²) in [7, 11) is 3.86. The predicted octanol–water partition coefficient (Wildman–Crippen LogP) is 2.28. The Morgan fingerprint density at radius 1 is 1.21 bits per heavy atom. The van der Waals surface area contributed by atoms with E-state index < -0.39 is 0 Å². The number of aromatic nitrogens is 2. The van der Waals surface area contributed by atoms with E-state index in [9.17, 15) is 0 Å². The van der Waals surface area contributed by atoms with E-state index in [2.05, 4.69) is 21.1 Å². The molecule has 5 heteroatoms. The van der Waals surface area contributed by atoms with Crippen molar-refractivity contribution in [2.45, 2.75) is 56.7 Å². The van der Waals surface area contributed by atoms with Crippen molar-refractivity contribution < 1.29 is 4.74 Å². The fraction of sp³-hybridized carbons (Fsp3) is 0.842. The zero-order chi connectivity index (χ0) is 16.6. The number of ether oxygens (including phenoxy) is 1. The van der Waals surface area contributed by atoms with Crippen LogP contribution in [0.5, 0.6) is 0 Å². The second-order valence-corrected chi connectivity index (χ2v) is 8.27. The Balaban J connectivity index is 1.38. The summed E-state index contributed by atoms with van der Waals surface area (Å²) in [6.07, 6.45) is 12.4. The molecule has 0 radical (unpaired) electrons. The first-order valence-electron chi connectivity index (χ1n) is 9.64. The molecular formula is C19H32N4O. The van der Waals surface area contributed by atoms with Crippen LogP contribution in [0.1, 0.15) is 44.1 Å². The standard InChI is InChI=1S/C19H32N4O/c1-21-12-17(11-20-21)13-22-9-7-19(8-10-22)6-5-18(15-24-2)23(19)14-16-3-4-16/h11-12,16,18H,3-10,13-15H2,1-2H3/t18-/m0/s1. The molecule has 5 nitrogen and oxygen atoms in total. The summed E-state index contributed by atoms with van der Waals surface area (Å²) >= 11 is 0. The Labute approximate surface area is 145 Å². The molecule has 134 valence electrons. The summed E-state index contributed by atoms with van der Waals surface area (Å²) in [6, 6.07) is 0.653. The van der Waals surface area contributed by atoms with Crippen LogP contribution in [0.3, 0.4) is 0 Å². The van der Waals surface area contributed by atoms with Gasteiger partial charge < -0.3 is 4.74 Å². The first-order chi connectivity index (χ1) is 11.7. The van der Waals surface area contributed by atoms with Crippen LogP contribution in [0.4, 0.5) is 0 Å². The van der Waals surface area contributed by atoms with E-state index in [4.69, 9.17) is 4.74 Å². The van der Waals surface area contributed by atoms with E-state index in [1.165, 1.54) is 63.7 Å². The van der Waals surface area contributed by atoms with Crippen LogP contribution in [-0.4, -0.2) is 64.5 Å². The minimum Gasteiger partial charge on any atom is -0.383 e. The van der Waals surface area contributed by atoms with Crippen LogP contribution in [0.15, 0.2) is 12.4 Å². The second-order valence-electron chi connectivity index (χ2n) is 8.27. The third-order valence-corrected chi connectivity index (χ3v) is 6.46. The number of hydrogen-bond donors (Lipinski definition) is 0. The lowest BCUT2D eigenvalue weighted by molar-refractivity contribution is 0.00665. The van der Waals surface area contributed by atoms with Crippen molar-refractivity contribution in [2.75, 3.05) is 33.4 Å². The molecule has 3 aliphatic rings. The maximum atomic E-state index is 5.53. The van der Waals surface area contributed by atoms with Gasteiger partial charge >= 0.3 is 0 Å². The number of aryl methyl sites for hydroxylation is 1. The van der Waals surface area contributed by atoms with Crippen molar-refractivity contribution in [3.05, 3.63) is 18.0 Å². The summed E-state index contributed by atoms with van der Waals surface area (Å²) in [5.74, 6) is 0.966. The molecule has 24 heavy (non-hydrogen) atoms. The minimum atomic E-state index is 0.456. The van der Waals surface area contributed by atoms with E-state index in [0.29, 0.717) is 11.6 Å². The number of methoxy groups -OCH3 is 1. The molecular weight excluding hydrogens is 300 g/mol. The van der Waals surface area contributed by atoms with Crippen molar-refractivity contribution >= 4 is 0 Å². The zero-order valence-corrected chi connectivity index (χ0v) is 15.3. The van der Waals surface area contributed by atoms with Crippen LogP contribution in [0.2, 0.25) is 0 Å². The minimum absolute atomic E-state index is 0.456. The van der Waals surface area contributed by atoms with Crippen molar-refractivity contribution in [3.63, 3.8) is 0 Å². The van der Waals surface area contributed by atoms with Crippen LogP contribution >= 0.6 is 0 Å². The number of rotatable bonds is 6. The van der Waals surface area contributed by atoms with Crippen LogP contribution in [-0.2, 0) is 18.3 Å². The molecule has 0 N–H and O–H groups in total. The fourth-order valence-corrected chi connectivity index (χ4v) is 4.89. The quantitative estimate of drug-likeness (QED) is 0.800. The molecule has 1 aromatic heterocycles. The SMILES string of the molecule is COC[C@@H]1CCC2(CCN(Cc3cnn(C)c3)CC2)N1CC1CC1. The van der Waals surface area contributed by atoms with Gasteiger partial charge in [-0.25, -0.2) is 0 Å². The molecule has 0 aromatic carbocycles. The lowest BCUT2D eigenvalue weighted by Crippen LogP contribution is -2.55. The Bertz CT molecular complexity index is 545. The van der Waals surface area contributed by atoms with Crippen molar-refractivity contribution in [3.8, 4) is 0 Å². The summed E-state index contributed by atoms with van der Waals surface area (Å²) in [5, 5.41) is 4.30. The normalized spacial score (nSPS) is 28.0. The Morgan fingerprint density at radius 3 is 2.62 bits per heavy atom.